The predicted octanol–water partition coefficient (Wildman–Crippen LogP) is 2.95. The molecular weight excluding hydrogens is 244 g/mol. The number of hydrogen-bond donors (Lipinski definition) is 1. The lowest BCUT2D eigenvalue weighted by Crippen LogP contribution is -2.30. The topological polar surface area (TPSA) is 54.7 Å². The van der Waals surface area contributed by atoms with Crippen LogP contribution in [-0.4, -0.2) is 25.1 Å². The summed E-state index contributed by atoms with van der Waals surface area (Å²) in [5.74, 6) is 1.44. The van der Waals surface area contributed by atoms with E-state index in [1.54, 1.807) is 38.6 Å². The summed E-state index contributed by atoms with van der Waals surface area (Å²) < 4.78 is 10.3. The van der Waals surface area contributed by atoms with E-state index in [0.29, 0.717) is 18.0 Å². The number of hydrogen-bond acceptors (Lipinski definition) is 3. The summed E-state index contributed by atoms with van der Waals surface area (Å²) in [4.78, 5) is 13.5. The second-order valence-corrected chi connectivity index (χ2v) is 4.10. The first-order valence-electron chi connectivity index (χ1n) is 5.87. The van der Waals surface area contributed by atoms with Gasteiger partial charge in [-0.2, -0.15) is 0 Å². The Balaban J connectivity index is 1.96. The van der Waals surface area contributed by atoms with E-state index in [1.807, 2.05) is 18.2 Å². The largest absolute Gasteiger partial charge is 0.497 e. The zero-order chi connectivity index (χ0) is 13.7. The molecular formula is C14H16N2O3. The van der Waals surface area contributed by atoms with Crippen molar-refractivity contribution in [2.75, 3.05) is 19.5 Å². The molecule has 2 aromatic rings. The van der Waals surface area contributed by atoms with E-state index in [2.05, 4.69) is 5.32 Å². The van der Waals surface area contributed by atoms with Gasteiger partial charge in [0.1, 0.15) is 11.5 Å². The monoisotopic (exact) mass is 260 g/mol. The number of ether oxygens (including phenoxy) is 1. The Hall–Kier alpha value is -2.43. The van der Waals surface area contributed by atoms with Crippen LogP contribution in [0, 0.1) is 0 Å². The maximum Gasteiger partial charge on any atom is 0.321 e. The van der Waals surface area contributed by atoms with Crippen molar-refractivity contribution >= 4 is 11.7 Å². The molecule has 2 amide bonds. The molecule has 0 spiro atoms. The molecule has 2 rings (SSSR count). The van der Waals surface area contributed by atoms with Gasteiger partial charge >= 0.3 is 6.03 Å². The quantitative estimate of drug-likeness (QED) is 0.919. The Kier molecular flexibility index (Phi) is 4.07. The standard InChI is InChI=1S/C14H16N2O3/c1-16(10-13-7-4-8-19-13)14(17)15-11-5-3-6-12(9-11)18-2/h3-9H,10H2,1-2H3,(H,15,17). The van der Waals surface area contributed by atoms with Crippen LogP contribution in [-0.2, 0) is 6.54 Å². The number of nitrogens with one attached hydrogen (secondary N) is 1. The molecule has 0 fully saturated rings. The van der Waals surface area contributed by atoms with Crippen LogP contribution in [0.5, 0.6) is 5.75 Å². The molecule has 0 bridgehead atoms. The van der Waals surface area contributed by atoms with Crippen molar-refractivity contribution in [3.63, 3.8) is 0 Å². The zero-order valence-corrected chi connectivity index (χ0v) is 10.9. The first-order valence-corrected chi connectivity index (χ1v) is 5.87. The van der Waals surface area contributed by atoms with Gasteiger partial charge in [0.05, 0.1) is 19.9 Å². The Bertz CT molecular complexity index is 537. The molecule has 0 radical (unpaired) electrons. The van der Waals surface area contributed by atoms with Gasteiger partial charge in [-0.15, -0.1) is 0 Å². The molecule has 1 aromatic carbocycles. The zero-order valence-electron chi connectivity index (χ0n) is 10.9. The summed E-state index contributed by atoms with van der Waals surface area (Å²) in [7, 11) is 3.29. The second kappa shape index (κ2) is 5.95. The minimum Gasteiger partial charge on any atom is -0.497 e. The summed E-state index contributed by atoms with van der Waals surface area (Å²) >= 11 is 0. The third-order valence-electron chi connectivity index (χ3n) is 2.64. The number of benzene rings is 1. The van der Waals surface area contributed by atoms with Gasteiger partial charge in [0, 0.05) is 18.8 Å². The molecule has 19 heavy (non-hydrogen) atoms. The van der Waals surface area contributed by atoms with Crippen LogP contribution in [0.2, 0.25) is 0 Å². The van der Waals surface area contributed by atoms with Crippen LogP contribution in [0.1, 0.15) is 5.76 Å². The molecule has 1 N–H and O–H groups in total. The highest BCUT2D eigenvalue weighted by atomic mass is 16.5. The highest BCUT2D eigenvalue weighted by molar-refractivity contribution is 5.89. The molecule has 100 valence electrons. The highest BCUT2D eigenvalue weighted by Crippen LogP contribution is 2.17. The SMILES string of the molecule is COc1cccc(NC(=O)N(C)Cc2ccco2)c1. The Morgan fingerprint density at radius 2 is 2.21 bits per heavy atom. The number of methoxy groups -OCH3 is 1. The normalized spacial score (nSPS) is 10.0. The fourth-order valence-corrected chi connectivity index (χ4v) is 1.63. The Labute approximate surface area is 111 Å². The molecule has 1 heterocycles. The van der Waals surface area contributed by atoms with Crippen molar-refractivity contribution in [3.8, 4) is 5.75 Å². The van der Waals surface area contributed by atoms with Crippen molar-refractivity contribution in [1.29, 1.82) is 0 Å². The Morgan fingerprint density at radius 3 is 2.89 bits per heavy atom. The predicted molar refractivity (Wildman–Crippen MR) is 72.2 cm³/mol. The van der Waals surface area contributed by atoms with Gasteiger partial charge in [-0.25, -0.2) is 4.79 Å². The van der Waals surface area contributed by atoms with Crippen LogP contribution >= 0.6 is 0 Å². The van der Waals surface area contributed by atoms with E-state index in [4.69, 9.17) is 9.15 Å². The summed E-state index contributed by atoms with van der Waals surface area (Å²) in [6, 6.07) is 10.6. The molecule has 1 aromatic heterocycles. The fraction of sp³-hybridized carbons (Fsp3) is 0.214. The molecule has 0 atom stereocenters. The van der Waals surface area contributed by atoms with Gasteiger partial charge in [-0.3, -0.25) is 0 Å². The summed E-state index contributed by atoms with van der Waals surface area (Å²) in [6.45, 7) is 0.419. The summed E-state index contributed by atoms with van der Waals surface area (Å²) in [5.41, 5.74) is 0.690. The van der Waals surface area contributed by atoms with Crippen molar-refractivity contribution < 1.29 is 13.9 Å². The van der Waals surface area contributed by atoms with E-state index < -0.39 is 0 Å². The third kappa shape index (κ3) is 3.51. The van der Waals surface area contributed by atoms with E-state index in [0.717, 1.165) is 5.76 Å². The molecule has 0 aliphatic heterocycles. The van der Waals surface area contributed by atoms with Crippen LogP contribution in [0.4, 0.5) is 10.5 Å². The van der Waals surface area contributed by atoms with Crippen molar-refractivity contribution in [3.05, 3.63) is 48.4 Å². The summed E-state index contributed by atoms with van der Waals surface area (Å²) in [6.07, 6.45) is 1.59. The number of carbonyl (C=O) groups is 1. The number of anilines is 1. The number of nitrogens with zero attached hydrogens (tertiary/aromatic N) is 1. The Morgan fingerprint density at radius 1 is 1.37 bits per heavy atom. The smallest absolute Gasteiger partial charge is 0.321 e. The minimum atomic E-state index is -0.204. The van der Waals surface area contributed by atoms with Gasteiger partial charge in [0.15, 0.2) is 0 Å². The van der Waals surface area contributed by atoms with Crippen molar-refractivity contribution in [1.82, 2.24) is 4.90 Å². The van der Waals surface area contributed by atoms with Gasteiger partial charge in [-0.05, 0) is 24.3 Å². The average Bonchev–Trinajstić information content (AvgIpc) is 2.91. The van der Waals surface area contributed by atoms with E-state index >= 15 is 0 Å². The first kappa shape index (κ1) is 13.0. The number of carbonyl (C=O) groups excluding carboxylic acids is 1. The van der Waals surface area contributed by atoms with Gasteiger partial charge < -0.3 is 19.4 Å². The van der Waals surface area contributed by atoms with Crippen molar-refractivity contribution in [2.45, 2.75) is 6.54 Å². The van der Waals surface area contributed by atoms with Crippen LogP contribution in [0.3, 0.4) is 0 Å². The van der Waals surface area contributed by atoms with Crippen LogP contribution < -0.4 is 10.1 Å². The minimum absolute atomic E-state index is 0.204. The van der Waals surface area contributed by atoms with Gasteiger partial charge in [0.2, 0.25) is 0 Å². The molecule has 0 aliphatic rings. The second-order valence-electron chi connectivity index (χ2n) is 4.10. The van der Waals surface area contributed by atoms with Gasteiger partial charge in [0.25, 0.3) is 0 Å². The van der Waals surface area contributed by atoms with E-state index in [9.17, 15) is 4.79 Å². The first-order chi connectivity index (χ1) is 9.19. The molecule has 0 saturated heterocycles. The number of amides is 2. The van der Waals surface area contributed by atoms with Crippen molar-refractivity contribution in [2.24, 2.45) is 0 Å². The highest BCUT2D eigenvalue weighted by Gasteiger charge is 2.10. The van der Waals surface area contributed by atoms with Crippen LogP contribution in [0.15, 0.2) is 47.1 Å². The number of furan rings is 1. The average molecular weight is 260 g/mol. The summed E-state index contributed by atoms with van der Waals surface area (Å²) in [5, 5.41) is 2.79. The molecule has 0 unspecified atom stereocenters. The van der Waals surface area contributed by atoms with Crippen LogP contribution in [0.25, 0.3) is 0 Å². The maximum atomic E-state index is 12.0. The molecule has 0 saturated carbocycles. The van der Waals surface area contributed by atoms with Gasteiger partial charge in [-0.1, -0.05) is 6.07 Å². The maximum absolute atomic E-state index is 12.0. The van der Waals surface area contributed by atoms with E-state index in [1.165, 1.54) is 4.90 Å². The van der Waals surface area contributed by atoms with E-state index in [-0.39, 0.29) is 6.03 Å². The lowest BCUT2D eigenvalue weighted by Gasteiger charge is -2.16. The lowest BCUT2D eigenvalue weighted by atomic mass is 10.3. The molecule has 0 aliphatic carbocycles. The number of urea groups is 1. The number of rotatable bonds is 4. The fourth-order valence-electron chi connectivity index (χ4n) is 1.63. The molecule has 5 nitrogen and oxygen atoms in total. The lowest BCUT2D eigenvalue weighted by molar-refractivity contribution is 0.217. The molecule has 5 heteroatoms. The third-order valence-corrected chi connectivity index (χ3v) is 2.64.